The maximum Gasteiger partial charge on any atom is 0.287 e. The molecule has 0 radical (unpaired) electrons. The predicted octanol–water partition coefficient (Wildman–Crippen LogP) is 2.21. The Bertz CT molecular complexity index is 675. The van der Waals surface area contributed by atoms with Crippen LogP contribution in [0.2, 0.25) is 0 Å². The van der Waals surface area contributed by atoms with E-state index in [-0.39, 0.29) is 11.7 Å². The summed E-state index contributed by atoms with van der Waals surface area (Å²) in [7, 11) is 0. The van der Waals surface area contributed by atoms with Crippen molar-refractivity contribution in [2.45, 2.75) is 26.8 Å². The van der Waals surface area contributed by atoms with Gasteiger partial charge in [0.25, 0.3) is 5.91 Å². The number of carbonyl (C=O) groups is 2. The molecule has 6 heteroatoms. The molecule has 0 aliphatic carbocycles. The maximum atomic E-state index is 12.0. The van der Waals surface area contributed by atoms with Crippen molar-refractivity contribution >= 4 is 11.8 Å². The summed E-state index contributed by atoms with van der Waals surface area (Å²) in [5.74, 6) is 0.252. The summed E-state index contributed by atoms with van der Waals surface area (Å²) in [6.07, 6.45) is 1.41. The van der Waals surface area contributed by atoms with Gasteiger partial charge in [-0.05, 0) is 56.2 Å². The van der Waals surface area contributed by atoms with Crippen LogP contribution in [0.15, 0.2) is 41.0 Å². The second-order valence-corrected chi connectivity index (χ2v) is 5.64. The average molecular weight is 330 g/mol. The van der Waals surface area contributed by atoms with Gasteiger partial charge in [-0.15, -0.1) is 0 Å². The zero-order valence-corrected chi connectivity index (χ0v) is 14.1. The zero-order valence-electron chi connectivity index (χ0n) is 14.1. The van der Waals surface area contributed by atoms with Crippen molar-refractivity contribution in [1.82, 2.24) is 10.6 Å². The van der Waals surface area contributed by atoms with Gasteiger partial charge < -0.3 is 19.8 Å². The number of amides is 2. The molecule has 0 aliphatic heterocycles. The van der Waals surface area contributed by atoms with E-state index in [4.69, 9.17) is 9.15 Å². The largest absolute Gasteiger partial charge is 0.492 e. The fraction of sp³-hybridized carbons (Fsp3) is 0.333. The van der Waals surface area contributed by atoms with Crippen LogP contribution in [0.5, 0.6) is 5.75 Å². The predicted molar refractivity (Wildman–Crippen MR) is 90.1 cm³/mol. The SMILES string of the molecule is Cc1cc(C)cc(OCCNC(=O)[C@H](C)NC(=O)c2ccco2)c1. The summed E-state index contributed by atoms with van der Waals surface area (Å²) in [5, 5.41) is 5.29. The van der Waals surface area contributed by atoms with Crippen molar-refractivity contribution in [3.63, 3.8) is 0 Å². The number of nitrogens with one attached hydrogen (secondary N) is 2. The number of carbonyl (C=O) groups excluding carboxylic acids is 2. The van der Waals surface area contributed by atoms with E-state index in [0.29, 0.717) is 13.2 Å². The van der Waals surface area contributed by atoms with Crippen molar-refractivity contribution < 1.29 is 18.7 Å². The third kappa shape index (κ3) is 5.15. The van der Waals surface area contributed by atoms with E-state index < -0.39 is 11.9 Å². The highest BCUT2D eigenvalue weighted by molar-refractivity contribution is 5.95. The highest BCUT2D eigenvalue weighted by Gasteiger charge is 2.17. The first-order valence-corrected chi connectivity index (χ1v) is 7.79. The molecule has 1 aromatic carbocycles. The molecule has 2 rings (SSSR count). The van der Waals surface area contributed by atoms with Gasteiger partial charge in [-0.2, -0.15) is 0 Å². The van der Waals surface area contributed by atoms with Crippen LogP contribution in [-0.4, -0.2) is 31.0 Å². The topological polar surface area (TPSA) is 80.6 Å². The highest BCUT2D eigenvalue weighted by Crippen LogP contribution is 2.15. The van der Waals surface area contributed by atoms with E-state index in [1.807, 2.05) is 26.0 Å². The second-order valence-electron chi connectivity index (χ2n) is 5.64. The van der Waals surface area contributed by atoms with Gasteiger partial charge in [-0.3, -0.25) is 9.59 Å². The lowest BCUT2D eigenvalue weighted by molar-refractivity contribution is -0.122. The van der Waals surface area contributed by atoms with E-state index in [0.717, 1.165) is 16.9 Å². The van der Waals surface area contributed by atoms with E-state index in [1.54, 1.807) is 13.0 Å². The van der Waals surface area contributed by atoms with Gasteiger partial charge >= 0.3 is 0 Å². The Morgan fingerprint density at radius 2 is 1.92 bits per heavy atom. The lowest BCUT2D eigenvalue weighted by Gasteiger charge is -2.14. The lowest BCUT2D eigenvalue weighted by atomic mass is 10.1. The first-order chi connectivity index (χ1) is 11.5. The molecule has 1 aromatic heterocycles. The van der Waals surface area contributed by atoms with Crippen LogP contribution >= 0.6 is 0 Å². The highest BCUT2D eigenvalue weighted by atomic mass is 16.5. The third-order valence-corrected chi connectivity index (χ3v) is 3.35. The summed E-state index contributed by atoms with van der Waals surface area (Å²) in [6.45, 7) is 6.33. The Hall–Kier alpha value is -2.76. The Kier molecular flexibility index (Phi) is 6.01. The monoisotopic (exact) mass is 330 g/mol. The minimum atomic E-state index is -0.663. The molecule has 1 heterocycles. The number of rotatable bonds is 7. The van der Waals surface area contributed by atoms with Crippen molar-refractivity contribution in [2.75, 3.05) is 13.2 Å². The fourth-order valence-corrected chi connectivity index (χ4v) is 2.25. The zero-order chi connectivity index (χ0) is 17.5. The lowest BCUT2D eigenvalue weighted by Crippen LogP contribution is -2.45. The molecule has 0 saturated heterocycles. The molecule has 0 bridgehead atoms. The first kappa shape index (κ1) is 17.6. The van der Waals surface area contributed by atoms with E-state index in [9.17, 15) is 9.59 Å². The molecule has 0 unspecified atom stereocenters. The van der Waals surface area contributed by atoms with E-state index in [1.165, 1.54) is 12.3 Å². The summed E-state index contributed by atoms with van der Waals surface area (Å²) in [5.41, 5.74) is 2.26. The van der Waals surface area contributed by atoms with E-state index in [2.05, 4.69) is 16.7 Å². The molecular formula is C18H22N2O4. The second kappa shape index (κ2) is 8.19. The van der Waals surface area contributed by atoms with Crippen LogP contribution in [0.4, 0.5) is 0 Å². The molecule has 6 nitrogen and oxygen atoms in total. The maximum absolute atomic E-state index is 12.0. The summed E-state index contributed by atoms with van der Waals surface area (Å²) in [6, 6.07) is 8.45. The van der Waals surface area contributed by atoms with Crippen LogP contribution in [0.1, 0.15) is 28.6 Å². The minimum absolute atomic E-state index is 0.174. The summed E-state index contributed by atoms with van der Waals surface area (Å²) >= 11 is 0. The normalized spacial score (nSPS) is 11.6. The van der Waals surface area contributed by atoms with Crippen molar-refractivity contribution in [2.24, 2.45) is 0 Å². The van der Waals surface area contributed by atoms with Gasteiger partial charge in [0.05, 0.1) is 12.8 Å². The van der Waals surface area contributed by atoms with Gasteiger partial charge in [-0.25, -0.2) is 0 Å². The van der Waals surface area contributed by atoms with Crippen LogP contribution in [0, 0.1) is 13.8 Å². The molecule has 0 aliphatic rings. The smallest absolute Gasteiger partial charge is 0.287 e. The third-order valence-electron chi connectivity index (χ3n) is 3.35. The Morgan fingerprint density at radius 1 is 1.21 bits per heavy atom. The number of ether oxygens (including phenoxy) is 1. The quantitative estimate of drug-likeness (QED) is 0.763. The van der Waals surface area contributed by atoms with Gasteiger partial charge in [-0.1, -0.05) is 6.07 Å². The molecule has 1 atom stereocenters. The Morgan fingerprint density at radius 3 is 2.54 bits per heavy atom. The Labute approximate surface area is 141 Å². The minimum Gasteiger partial charge on any atom is -0.492 e. The summed E-state index contributed by atoms with van der Waals surface area (Å²) < 4.78 is 10.6. The molecular weight excluding hydrogens is 308 g/mol. The van der Waals surface area contributed by atoms with Gasteiger partial charge in [0, 0.05) is 0 Å². The molecule has 24 heavy (non-hydrogen) atoms. The van der Waals surface area contributed by atoms with Crippen LogP contribution < -0.4 is 15.4 Å². The van der Waals surface area contributed by atoms with Gasteiger partial charge in [0.1, 0.15) is 18.4 Å². The fourth-order valence-electron chi connectivity index (χ4n) is 2.25. The number of benzene rings is 1. The molecule has 2 N–H and O–H groups in total. The number of hydrogen-bond donors (Lipinski definition) is 2. The van der Waals surface area contributed by atoms with Gasteiger partial charge in [0.2, 0.25) is 5.91 Å². The molecule has 0 fully saturated rings. The molecule has 0 saturated carbocycles. The Balaban J connectivity index is 1.71. The van der Waals surface area contributed by atoms with Crippen LogP contribution in [0.3, 0.4) is 0 Å². The molecule has 2 amide bonds. The molecule has 0 spiro atoms. The van der Waals surface area contributed by atoms with E-state index >= 15 is 0 Å². The standard InChI is InChI=1S/C18H22N2O4/c1-12-9-13(2)11-15(10-12)23-8-6-19-17(21)14(3)20-18(22)16-5-4-7-24-16/h4-5,7,9-11,14H,6,8H2,1-3H3,(H,19,21)(H,20,22)/t14-/m0/s1. The van der Waals surface area contributed by atoms with Crippen molar-refractivity contribution in [1.29, 1.82) is 0 Å². The van der Waals surface area contributed by atoms with Gasteiger partial charge in [0.15, 0.2) is 5.76 Å². The number of aryl methyl sites for hydroxylation is 2. The number of furan rings is 1. The number of hydrogen-bond acceptors (Lipinski definition) is 4. The van der Waals surface area contributed by atoms with Crippen molar-refractivity contribution in [3.05, 3.63) is 53.5 Å². The first-order valence-electron chi connectivity index (χ1n) is 7.79. The summed E-state index contributed by atoms with van der Waals surface area (Å²) in [4.78, 5) is 23.7. The van der Waals surface area contributed by atoms with Crippen molar-refractivity contribution in [3.8, 4) is 5.75 Å². The van der Waals surface area contributed by atoms with Crippen LogP contribution in [-0.2, 0) is 4.79 Å². The molecule has 128 valence electrons. The average Bonchev–Trinajstić information content (AvgIpc) is 3.04. The molecule has 2 aromatic rings. The van der Waals surface area contributed by atoms with Crippen LogP contribution in [0.25, 0.3) is 0 Å².